The molecule has 1 aromatic heterocycles. The van der Waals surface area contributed by atoms with Crippen molar-refractivity contribution in [2.24, 2.45) is 0 Å². The predicted molar refractivity (Wildman–Crippen MR) is 46.0 cm³/mol. The summed E-state index contributed by atoms with van der Waals surface area (Å²) in [7, 11) is 0. The summed E-state index contributed by atoms with van der Waals surface area (Å²) >= 11 is 5.00. The zero-order valence-electron chi connectivity index (χ0n) is 6.99. The quantitative estimate of drug-likeness (QED) is 0.459. The Labute approximate surface area is 86.8 Å². The fraction of sp³-hybridized carbons (Fsp3) is 0.143. The summed E-state index contributed by atoms with van der Waals surface area (Å²) in [4.78, 5) is 23.2. The van der Waals surface area contributed by atoms with Crippen LogP contribution in [0.25, 0.3) is 0 Å². The number of hydrogen-bond donors (Lipinski definition) is 0. The lowest BCUT2D eigenvalue weighted by Crippen LogP contribution is -2.03. The van der Waals surface area contributed by atoms with Gasteiger partial charge in [-0.05, 0) is 27.6 Å². The van der Waals surface area contributed by atoms with Crippen LogP contribution in [0.15, 0.2) is 12.3 Å². The minimum Gasteiger partial charge on any atom is -0.358 e. The number of nitro groups is 1. The first-order chi connectivity index (χ1) is 6.93. The van der Waals surface area contributed by atoms with E-state index in [1.54, 1.807) is 0 Å². The molecular formula is C7H3ClF2N2O3. The maximum absolute atomic E-state index is 12.2. The van der Waals surface area contributed by atoms with E-state index in [-0.39, 0.29) is 0 Å². The molecule has 0 atom stereocenters. The van der Waals surface area contributed by atoms with Crippen molar-refractivity contribution in [3.05, 3.63) is 33.5 Å². The number of rotatable bonds is 3. The summed E-state index contributed by atoms with van der Waals surface area (Å²) in [6.45, 7) is 0. The molecule has 0 amide bonds. The van der Waals surface area contributed by atoms with Gasteiger partial charge in [0, 0.05) is 0 Å². The van der Waals surface area contributed by atoms with Crippen LogP contribution in [0.5, 0.6) is 0 Å². The number of alkyl halides is 2. The first kappa shape index (κ1) is 11.4. The van der Waals surface area contributed by atoms with Crippen molar-refractivity contribution in [2.45, 2.75) is 6.43 Å². The number of pyridine rings is 1. The summed E-state index contributed by atoms with van der Waals surface area (Å²) in [5, 5.41) is 9.15. The molecule has 80 valence electrons. The van der Waals surface area contributed by atoms with Crippen molar-refractivity contribution in [1.29, 1.82) is 0 Å². The molecule has 0 fully saturated rings. The summed E-state index contributed by atoms with van der Waals surface area (Å²) < 4.78 is 24.4. The Hall–Kier alpha value is -1.63. The van der Waals surface area contributed by atoms with Gasteiger partial charge >= 0.3 is 5.82 Å². The lowest BCUT2D eigenvalue weighted by Gasteiger charge is -2.00. The average Bonchev–Trinajstić information content (AvgIpc) is 2.16. The molecule has 15 heavy (non-hydrogen) atoms. The molecule has 0 aliphatic heterocycles. The number of nitrogens with zero attached hydrogens (tertiary/aromatic N) is 2. The number of hydrogen-bond acceptors (Lipinski definition) is 4. The van der Waals surface area contributed by atoms with E-state index in [0.717, 1.165) is 0 Å². The van der Waals surface area contributed by atoms with Gasteiger partial charge < -0.3 is 10.1 Å². The monoisotopic (exact) mass is 236 g/mol. The van der Waals surface area contributed by atoms with E-state index in [2.05, 4.69) is 4.98 Å². The zero-order valence-corrected chi connectivity index (χ0v) is 7.74. The number of halogens is 3. The number of carbonyl (C=O) groups is 1. The van der Waals surface area contributed by atoms with Crippen LogP contribution in [0.2, 0.25) is 0 Å². The molecule has 0 aliphatic rings. The highest BCUT2D eigenvalue weighted by molar-refractivity contribution is 6.68. The van der Waals surface area contributed by atoms with Gasteiger partial charge in [0.1, 0.15) is 11.8 Å². The maximum atomic E-state index is 12.2. The molecule has 0 saturated heterocycles. The lowest BCUT2D eigenvalue weighted by molar-refractivity contribution is -0.389. The molecule has 0 spiro atoms. The van der Waals surface area contributed by atoms with Crippen molar-refractivity contribution >= 4 is 22.7 Å². The lowest BCUT2D eigenvalue weighted by atomic mass is 10.2. The van der Waals surface area contributed by atoms with Crippen molar-refractivity contribution < 1.29 is 18.5 Å². The molecule has 8 heteroatoms. The van der Waals surface area contributed by atoms with E-state index in [0.29, 0.717) is 12.3 Å². The molecule has 1 heterocycles. The third-order valence-corrected chi connectivity index (χ3v) is 1.73. The smallest absolute Gasteiger partial charge is 0.358 e. The largest absolute Gasteiger partial charge is 0.375 e. The maximum Gasteiger partial charge on any atom is 0.375 e. The Bertz CT molecular complexity index is 425. The van der Waals surface area contributed by atoms with Crippen LogP contribution < -0.4 is 0 Å². The van der Waals surface area contributed by atoms with Gasteiger partial charge in [-0.25, -0.2) is 8.78 Å². The van der Waals surface area contributed by atoms with Gasteiger partial charge in [-0.1, -0.05) is 0 Å². The van der Waals surface area contributed by atoms with E-state index in [1.165, 1.54) is 0 Å². The van der Waals surface area contributed by atoms with Crippen LogP contribution in [0, 0.1) is 10.1 Å². The highest BCUT2D eigenvalue weighted by Gasteiger charge is 2.23. The molecule has 5 nitrogen and oxygen atoms in total. The second kappa shape index (κ2) is 4.26. The molecule has 0 aromatic carbocycles. The Morgan fingerprint density at radius 2 is 2.20 bits per heavy atom. The average molecular weight is 237 g/mol. The Morgan fingerprint density at radius 3 is 2.60 bits per heavy atom. The molecule has 0 unspecified atom stereocenters. The molecular weight excluding hydrogens is 234 g/mol. The summed E-state index contributed by atoms with van der Waals surface area (Å²) in [6.07, 6.45) is -2.24. The van der Waals surface area contributed by atoms with E-state index in [4.69, 9.17) is 11.6 Å². The number of carbonyl (C=O) groups excluding carboxylic acids is 1. The fourth-order valence-corrected chi connectivity index (χ4v) is 1.02. The molecule has 0 radical (unpaired) electrons. The first-order valence-corrected chi connectivity index (χ1v) is 3.93. The van der Waals surface area contributed by atoms with E-state index < -0.39 is 33.5 Å². The normalized spacial score (nSPS) is 10.4. The zero-order chi connectivity index (χ0) is 11.6. The van der Waals surface area contributed by atoms with Gasteiger partial charge in [0.2, 0.25) is 0 Å². The molecule has 0 N–H and O–H groups in total. The minimum absolute atomic E-state index is 0.593. The van der Waals surface area contributed by atoms with Crippen LogP contribution in [0.4, 0.5) is 14.6 Å². The first-order valence-electron chi connectivity index (χ1n) is 3.55. The topological polar surface area (TPSA) is 73.1 Å². The SMILES string of the molecule is O=C(Cl)c1cc(C(F)F)cnc1[N+](=O)[O-]. The van der Waals surface area contributed by atoms with Gasteiger partial charge in [0.05, 0.1) is 5.56 Å². The Kier molecular flexibility index (Phi) is 3.25. The highest BCUT2D eigenvalue weighted by Crippen LogP contribution is 2.24. The molecule has 0 saturated carbocycles. The number of aromatic nitrogens is 1. The molecule has 0 aliphatic carbocycles. The van der Waals surface area contributed by atoms with Gasteiger partial charge in [-0.2, -0.15) is 0 Å². The standard InChI is InChI=1S/C7H3ClF2N2O3/c8-5(13)4-1-3(6(9)10)2-11-7(4)12(14)15/h1-2,6H. The molecule has 1 aromatic rings. The molecule has 0 bridgehead atoms. The second-order valence-corrected chi connectivity index (χ2v) is 2.81. The highest BCUT2D eigenvalue weighted by atomic mass is 35.5. The predicted octanol–water partition coefficient (Wildman–Crippen LogP) is 2.31. The Morgan fingerprint density at radius 1 is 1.60 bits per heavy atom. The van der Waals surface area contributed by atoms with E-state index in [9.17, 15) is 23.7 Å². The van der Waals surface area contributed by atoms with Crippen LogP contribution >= 0.6 is 11.6 Å². The third kappa shape index (κ3) is 2.44. The van der Waals surface area contributed by atoms with Gasteiger partial charge in [-0.15, -0.1) is 0 Å². The van der Waals surface area contributed by atoms with E-state index >= 15 is 0 Å². The fourth-order valence-electron chi connectivity index (χ4n) is 0.883. The van der Waals surface area contributed by atoms with Crippen LogP contribution in [-0.4, -0.2) is 15.1 Å². The van der Waals surface area contributed by atoms with Crippen molar-refractivity contribution in [3.8, 4) is 0 Å². The minimum atomic E-state index is -2.87. The second-order valence-electron chi connectivity index (χ2n) is 2.47. The summed E-state index contributed by atoms with van der Waals surface area (Å²) in [6, 6.07) is 0.658. The van der Waals surface area contributed by atoms with Crippen molar-refractivity contribution in [1.82, 2.24) is 4.98 Å². The van der Waals surface area contributed by atoms with Crippen LogP contribution in [-0.2, 0) is 0 Å². The van der Waals surface area contributed by atoms with E-state index in [1.807, 2.05) is 0 Å². The van der Waals surface area contributed by atoms with Crippen molar-refractivity contribution in [2.75, 3.05) is 0 Å². The molecule has 1 rings (SSSR count). The van der Waals surface area contributed by atoms with Gasteiger partial charge in [0.15, 0.2) is 0 Å². The van der Waals surface area contributed by atoms with Gasteiger partial charge in [0.25, 0.3) is 11.7 Å². The van der Waals surface area contributed by atoms with Crippen molar-refractivity contribution in [3.63, 3.8) is 0 Å². The Balaban J connectivity index is 3.33. The van der Waals surface area contributed by atoms with Crippen LogP contribution in [0.1, 0.15) is 22.3 Å². The van der Waals surface area contributed by atoms with Gasteiger partial charge in [-0.3, -0.25) is 4.79 Å². The summed E-state index contributed by atoms with van der Waals surface area (Å²) in [5.74, 6) is -0.834. The third-order valence-electron chi connectivity index (χ3n) is 1.52. The van der Waals surface area contributed by atoms with Crippen LogP contribution in [0.3, 0.4) is 0 Å². The summed E-state index contributed by atoms with van der Waals surface area (Å²) in [5.41, 5.74) is -1.23.